The van der Waals surface area contributed by atoms with Crippen LogP contribution in [0.25, 0.3) is 0 Å². The number of morpholine rings is 1. The van der Waals surface area contributed by atoms with E-state index in [0.29, 0.717) is 26.3 Å². The molecule has 1 aromatic rings. The smallest absolute Gasteiger partial charge is 0.236 e. The third-order valence-electron chi connectivity index (χ3n) is 4.40. The highest BCUT2D eigenvalue weighted by molar-refractivity contribution is 5.78. The van der Waals surface area contributed by atoms with E-state index < -0.39 is 23.8 Å². The molecule has 0 aromatic heterocycles. The van der Waals surface area contributed by atoms with Crippen LogP contribution in [0.15, 0.2) is 18.2 Å². The van der Waals surface area contributed by atoms with Crippen LogP contribution in [-0.4, -0.2) is 66.3 Å². The van der Waals surface area contributed by atoms with Crippen molar-refractivity contribution in [2.45, 2.75) is 18.6 Å². The van der Waals surface area contributed by atoms with Gasteiger partial charge < -0.3 is 14.7 Å². The number of aliphatic hydroxyl groups excluding tert-OH is 1. The molecule has 2 heterocycles. The Morgan fingerprint density at radius 2 is 2.04 bits per heavy atom. The van der Waals surface area contributed by atoms with E-state index in [9.17, 15) is 18.7 Å². The number of hydrogen-bond donors (Lipinski definition) is 1. The van der Waals surface area contributed by atoms with E-state index >= 15 is 0 Å². The molecule has 2 atom stereocenters. The molecule has 2 saturated heterocycles. The van der Waals surface area contributed by atoms with E-state index in [1.807, 2.05) is 0 Å². The zero-order valence-electron chi connectivity index (χ0n) is 12.8. The minimum atomic E-state index is -0.653. The highest BCUT2D eigenvalue weighted by atomic mass is 19.1. The topological polar surface area (TPSA) is 53.0 Å². The Morgan fingerprint density at radius 1 is 1.30 bits per heavy atom. The van der Waals surface area contributed by atoms with Crippen molar-refractivity contribution >= 4 is 5.91 Å². The minimum Gasteiger partial charge on any atom is -0.392 e. The molecule has 0 saturated carbocycles. The Kier molecular flexibility index (Phi) is 4.89. The van der Waals surface area contributed by atoms with E-state index in [-0.39, 0.29) is 31.0 Å². The first-order valence-corrected chi connectivity index (χ1v) is 7.77. The van der Waals surface area contributed by atoms with Crippen molar-refractivity contribution in [1.82, 2.24) is 9.80 Å². The fourth-order valence-electron chi connectivity index (χ4n) is 3.23. The van der Waals surface area contributed by atoms with Crippen molar-refractivity contribution in [2.75, 3.05) is 39.4 Å². The number of amides is 1. The monoisotopic (exact) mass is 326 g/mol. The van der Waals surface area contributed by atoms with Gasteiger partial charge in [-0.1, -0.05) is 0 Å². The van der Waals surface area contributed by atoms with Crippen molar-refractivity contribution in [3.63, 3.8) is 0 Å². The molecule has 0 spiro atoms. The molecule has 7 heteroatoms. The van der Waals surface area contributed by atoms with Gasteiger partial charge in [-0.05, 0) is 24.6 Å². The van der Waals surface area contributed by atoms with Crippen molar-refractivity contribution < 1.29 is 23.4 Å². The molecule has 2 aliphatic rings. The van der Waals surface area contributed by atoms with E-state index in [1.54, 1.807) is 9.80 Å². The first-order valence-electron chi connectivity index (χ1n) is 7.77. The maximum atomic E-state index is 14.0. The summed E-state index contributed by atoms with van der Waals surface area (Å²) in [6.07, 6.45) is -0.364. The molecule has 2 aliphatic heterocycles. The number of carbonyl (C=O) groups excluding carboxylic acids is 1. The Bertz CT molecular complexity index is 578. The maximum Gasteiger partial charge on any atom is 0.236 e. The first-order chi connectivity index (χ1) is 11.0. The van der Waals surface area contributed by atoms with Gasteiger partial charge in [0.1, 0.15) is 11.6 Å². The zero-order chi connectivity index (χ0) is 16.4. The summed E-state index contributed by atoms with van der Waals surface area (Å²) in [5, 5.41) is 9.91. The summed E-state index contributed by atoms with van der Waals surface area (Å²) in [6.45, 7) is 2.45. The second kappa shape index (κ2) is 6.90. The van der Waals surface area contributed by atoms with Gasteiger partial charge in [-0.25, -0.2) is 8.78 Å². The molecule has 0 aliphatic carbocycles. The molecular formula is C16H20F2N2O3. The lowest BCUT2D eigenvalue weighted by Gasteiger charge is -2.30. The van der Waals surface area contributed by atoms with Gasteiger partial charge >= 0.3 is 0 Å². The van der Waals surface area contributed by atoms with E-state index in [0.717, 1.165) is 18.2 Å². The SMILES string of the molecule is O=C(CN1CC(O)CC1c1cc(F)ccc1F)N1CCOCC1. The van der Waals surface area contributed by atoms with Gasteiger partial charge in [0.15, 0.2) is 0 Å². The number of β-amino-alcohol motifs (C(OH)–C–C–N with tert-alkyl or cyclic N) is 1. The van der Waals surface area contributed by atoms with Crippen LogP contribution in [0.2, 0.25) is 0 Å². The number of halogens is 2. The van der Waals surface area contributed by atoms with Crippen molar-refractivity contribution in [2.24, 2.45) is 0 Å². The summed E-state index contributed by atoms with van der Waals surface area (Å²) in [5.74, 6) is -1.12. The molecule has 1 N–H and O–H groups in total. The molecule has 2 unspecified atom stereocenters. The first kappa shape index (κ1) is 16.3. The van der Waals surface area contributed by atoms with E-state index in [4.69, 9.17) is 4.74 Å². The Morgan fingerprint density at radius 3 is 2.78 bits per heavy atom. The van der Waals surface area contributed by atoms with Gasteiger partial charge in [0.25, 0.3) is 0 Å². The third kappa shape index (κ3) is 3.68. The van der Waals surface area contributed by atoms with Crippen LogP contribution in [-0.2, 0) is 9.53 Å². The number of carbonyl (C=O) groups is 1. The molecule has 1 aromatic carbocycles. The number of benzene rings is 1. The molecule has 5 nitrogen and oxygen atoms in total. The van der Waals surface area contributed by atoms with Crippen molar-refractivity contribution in [3.05, 3.63) is 35.4 Å². The van der Waals surface area contributed by atoms with Gasteiger partial charge in [0.2, 0.25) is 5.91 Å². The highest BCUT2D eigenvalue weighted by Gasteiger charge is 2.35. The Labute approximate surface area is 133 Å². The lowest BCUT2D eigenvalue weighted by atomic mass is 10.0. The van der Waals surface area contributed by atoms with Crippen LogP contribution in [0.1, 0.15) is 18.0 Å². The van der Waals surface area contributed by atoms with Crippen LogP contribution in [0.4, 0.5) is 8.78 Å². The predicted molar refractivity (Wildman–Crippen MR) is 78.7 cm³/mol. The molecule has 1 amide bonds. The molecule has 2 fully saturated rings. The third-order valence-corrected chi connectivity index (χ3v) is 4.40. The summed E-state index contributed by atoms with van der Waals surface area (Å²) >= 11 is 0. The quantitative estimate of drug-likeness (QED) is 0.898. The summed E-state index contributed by atoms with van der Waals surface area (Å²) in [4.78, 5) is 15.8. The maximum absolute atomic E-state index is 14.0. The van der Waals surface area contributed by atoms with Gasteiger partial charge in [-0.2, -0.15) is 0 Å². The normalized spacial score (nSPS) is 25.8. The number of aliphatic hydroxyl groups is 1. The number of nitrogens with zero attached hydrogens (tertiary/aromatic N) is 2. The van der Waals surface area contributed by atoms with E-state index in [1.165, 1.54) is 0 Å². The molecule has 3 rings (SSSR count). The average molecular weight is 326 g/mol. The molecular weight excluding hydrogens is 306 g/mol. The molecule has 0 bridgehead atoms. The van der Waals surface area contributed by atoms with Crippen LogP contribution >= 0.6 is 0 Å². The van der Waals surface area contributed by atoms with E-state index in [2.05, 4.69) is 0 Å². The lowest BCUT2D eigenvalue weighted by molar-refractivity contribution is -0.136. The Hall–Kier alpha value is -1.57. The van der Waals surface area contributed by atoms with Crippen molar-refractivity contribution in [3.8, 4) is 0 Å². The largest absolute Gasteiger partial charge is 0.392 e. The van der Waals surface area contributed by atoms with Gasteiger partial charge in [0, 0.05) is 31.2 Å². The van der Waals surface area contributed by atoms with Crippen LogP contribution in [0, 0.1) is 11.6 Å². The second-order valence-corrected chi connectivity index (χ2v) is 5.99. The summed E-state index contributed by atoms with van der Waals surface area (Å²) in [5.41, 5.74) is 0.191. The molecule has 0 radical (unpaired) electrons. The zero-order valence-corrected chi connectivity index (χ0v) is 12.8. The highest BCUT2D eigenvalue weighted by Crippen LogP contribution is 2.33. The summed E-state index contributed by atoms with van der Waals surface area (Å²) in [6, 6.07) is 2.79. The van der Waals surface area contributed by atoms with Gasteiger partial charge in [-0.3, -0.25) is 9.69 Å². The average Bonchev–Trinajstić information content (AvgIpc) is 2.91. The fraction of sp³-hybridized carbons (Fsp3) is 0.562. The number of hydrogen-bond acceptors (Lipinski definition) is 4. The number of ether oxygens (including phenoxy) is 1. The summed E-state index contributed by atoms with van der Waals surface area (Å²) in [7, 11) is 0. The Balaban J connectivity index is 1.74. The number of likely N-dealkylation sites (tertiary alicyclic amines) is 1. The molecule has 23 heavy (non-hydrogen) atoms. The lowest BCUT2D eigenvalue weighted by Crippen LogP contribution is -2.45. The second-order valence-electron chi connectivity index (χ2n) is 5.99. The standard InChI is InChI=1S/C16H20F2N2O3/c17-11-1-2-14(18)13(7-11)15-8-12(21)9-20(15)10-16(22)19-3-5-23-6-4-19/h1-2,7,12,15,21H,3-6,8-10H2. The predicted octanol–water partition coefficient (Wildman–Crippen LogP) is 0.931. The van der Waals surface area contributed by atoms with Crippen LogP contribution in [0.3, 0.4) is 0 Å². The van der Waals surface area contributed by atoms with Crippen molar-refractivity contribution in [1.29, 1.82) is 0 Å². The molecule has 126 valence electrons. The minimum absolute atomic E-state index is 0.0794. The fourth-order valence-corrected chi connectivity index (χ4v) is 3.23. The van der Waals surface area contributed by atoms with Crippen LogP contribution < -0.4 is 0 Å². The van der Waals surface area contributed by atoms with Gasteiger partial charge in [0.05, 0.1) is 25.9 Å². The van der Waals surface area contributed by atoms with Gasteiger partial charge in [-0.15, -0.1) is 0 Å². The number of rotatable bonds is 3. The summed E-state index contributed by atoms with van der Waals surface area (Å²) < 4.78 is 32.7. The van der Waals surface area contributed by atoms with Crippen LogP contribution in [0.5, 0.6) is 0 Å².